The molecule has 4 rings (SSSR count). The Morgan fingerprint density at radius 2 is 2.03 bits per heavy atom. The van der Waals surface area contributed by atoms with Crippen LogP contribution in [-0.4, -0.2) is 27.0 Å². The first-order valence-corrected chi connectivity index (χ1v) is 9.70. The summed E-state index contributed by atoms with van der Waals surface area (Å²) in [7, 11) is 0. The number of nitrogens with zero attached hydrogens (tertiary/aromatic N) is 3. The predicted molar refractivity (Wildman–Crippen MR) is 106 cm³/mol. The lowest BCUT2D eigenvalue weighted by molar-refractivity contribution is -0.274. The van der Waals surface area contributed by atoms with E-state index in [1.54, 1.807) is 0 Å². The van der Waals surface area contributed by atoms with E-state index in [9.17, 15) is 18.0 Å². The molecule has 4 aromatic rings. The molecule has 0 radical (unpaired) electrons. The second kappa shape index (κ2) is 7.96. The fourth-order valence-electron chi connectivity index (χ4n) is 2.70. The number of carbonyl (C=O) groups is 1. The van der Waals surface area contributed by atoms with E-state index in [1.807, 2.05) is 24.3 Å². The molecule has 0 atom stereocenters. The van der Waals surface area contributed by atoms with Crippen LogP contribution in [0, 0.1) is 0 Å². The molecule has 1 amide bonds. The van der Waals surface area contributed by atoms with Crippen molar-refractivity contribution < 1.29 is 22.7 Å². The second-order valence-electron chi connectivity index (χ2n) is 6.16. The number of fused-ring (bicyclic) bond motifs is 1. The molecule has 0 bridgehead atoms. The Morgan fingerprint density at radius 1 is 1.23 bits per heavy atom. The summed E-state index contributed by atoms with van der Waals surface area (Å²) in [6.45, 7) is -0.0417. The minimum absolute atomic E-state index is 0.0417. The van der Waals surface area contributed by atoms with Crippen molar-refractivity contribution in [2.75, 3.05) is 0 Å². The van der Waals surface area contributed by atoms with Crippen molar-refractivity contribution in [3.8, 4) is 10.9 Å². The zero-order valence-electron chi connectivity index (χ0n) is 15.0. The Bertz CT molecular complexity index is 1190. The van der Waals surface area contributed by atoms with Crippen molar-refractivity contribution in [1.29, 1.82) is 0 Å². The monoisotopic (exact) mass is 452 g/mol. The smallest absolute Gasteiger partial charge is 0.406 e. The average Bonchev–Trinajstić information content (AvgIpc) is 3.31. The van der Waals surface area contributed by atoms with Crippen LogP contribution in [0.3, 0.4) is 0 Å². The second-order valence-corrected chi connectivity index (χ2v) is 7.61. The first-order chi connectivity index (χ1) is 14.3. The van der Waals surface area contributed by atoms with E-state index >= 15 is 0 Å². The van der Waals surface area contributed by atoms with E-state index in [0.29, 0.717) is 10.7 Å². The van der Waals surface area contributed by atoms with Gasteiger partial charge in [-0.2, -0.15) is 5.10 Å². The standard InChI is InChI=1S/C19H12ClF3N4O2S/c20-13-5-11(6-14(7-13)29-19(21,22)23)8-24-17(28)12-9-25-27(10-12)18-26-15-3-1-2-4-16(15)30-18/h1-7,9-10H,8H2,(H,24,28). The molecule has 30 heavy (non-hydrogen) atoms. The van der Waals surface area contributed by atoms with Crippen LogP contribution in [0.1, 0.15) is 15.9 Å². The number of hydrogen-bond acceptors (Lipinski definition) is 5. The lowest BCUT2D eigenvalue weighted by atomic mass is 10.2. The molecule has 0 aliphatic carbocycles. The van der Waals surface area contributed by atoms with Gasteiger partial charge in [-0.25, -0.2) is 9.67 Å². The largest absolute Gasteiger partial charge is 0.573 e. The molecule has 0 aliphatic rings. The van der Waals surface area contributed by atoms with Gasteiger partial charge in [0, 0.05) is 17.8 Å². The molecule has 0 unspecified atom stereocenters. The third-order valence-corrected chi connectivity index (χ3v) is 5.19. The van der Waals surface area contributed by atoms with Gasteiger partial charge in [-0.05, 0) is 35.9 Å². The van der Waals surface area contributed by atoms with Crippen LogP contribution in [0.25, 0.3) is 15.3 Å². The number of para-hydroxylation sites is 1. The van der Waals surface area contributed by atoms with Crippen molar-refractivity contribution >= 4 is 39.1 Å². The SMILES string of the molecule is O=C(NCc1cc(Cl)cc(OC(F)(F)F)c1)c1cnn(-c2nc3ccccc3s2)c1. The number of alkyl halides is 3. The zero-order valence-corrected chi connectivity index (χ0v) is 16.6. The van der Waals surface area contributed by atoms with Crippen molar-refractivity contribution in [3.05, 3.63) is 71.0 Å². The first kappa shape index (κ1) is 20.2. The fourth-order valence-corrected chi connectivity index (χ4v) is 3.85. The third kappa shape index (κ3) is 4.71. The number of ether oxygens (including phenoxy) is 1. The summed E-state index contributed by atoms with van der Waals surface area (Å²) in [6.07, 6.45) is -1.92. The summed E-state index contributed by atoms with van der Waals surface area (Å²) < 4.78 is 43.6. The number of thiazole rings is 1. The van der Waals surface area contributed by atoms with Crippen LogP contribution in [0.2, 0.25) is 5.02 Å². The molecule has 1 N–H and O–H groups in total. The molecule has 11 heteroatoms. The maximum atomic E-state index is 12.4. The zero-order chi connectivity index (χ0) is 21.3. The number of aromatic nitrogens is 3. The quantitative estimate of drug-likeness (QED) is 0.464. The molecule has 0 fully saturated rings. The van der Waals surface area contributed by atoms with Gasteiger partial charge >= 0.3 is 6.36 Å². The van der Waals surface area contributed by atoms with Crippen LogP contribution >= 0.6 is 22.9 Å². The van der Waals surface area contributed by atoms with Gasteiger partial charge in [-0.3, -0.25) is 4.79 Å². The van der Waals surface area contributed by atoms with Crippen LogP contribution in [0.15, 0.2) is 54.9 Å². The lowest BCUT2D eigenvalue weighted by Gasteiger charge is -2.11. The summed E-state index contributed by atoms with van der Waals surface area (Å²) >= 11 is 7.27. The summed E-state index contributed by atoms with van der Waals surface area (Å²) in [4.78, 5) is 16.9. The van der Waals surface area contributed by atoms with Gasteiger partial charge in [-0.15, -0.1) is 13.2 Å². The third-order valence-electron chi connectivity index (χ3n) is 3.94. The Labute approximate surface area is 176 Å². The maximum absolute atomic E-state index is 12.4. The van der Waals surface area contributed by atoms with Crippen molar-refractivity contribution in [2.24, 2.45) is 0 Å². The molecule has 0 spiro atoms. The van der Waals surface area contributed by atoms with Gasteiger partial charge in [-0.1, -0.05) is 35.1 Å². The maximum Gasteiger partial charge on any atom is 0.573 e. The Kier molecular flexibility index (Phi) is 5.35. The summed E-state index contributed by atoms with van der Waals surface area (Å²) in [6, 6.07) is 11.3. The molecular formula is C19H12ClF3N4O2S. The average molecular weight is 453 g/mol. The number of amides is 1. The van der Waals surface area contributed by atoms with Crippen LogP contribution in [0.4, 0.5) is 13.2 Å². The van der Waals surface area contributed by atoms with Crippen LogP contribution in [0.5, 0.6) is 5.75 Å². The van der Waals surface area contributed by atoms with E-state index < -0.39 is 18.0 Å². The van der Waals surface area contributed by atoms with E-state index in [0.717, 1.165) is 22.3 Å². The van der Waals surface area contributed by atoms with Crippen molar-refractivity contribution in [2.45, 2.75) is 12.9 Å². The van der Waals surface area contributed by atoms with Gasteiger partial charge < -0.3 is 10.1 Å². The lowest BCUT2D eigenvalue weighted by Crippen LogP contribution is -2.22. The molecule has 154 valence electrons. The molecule has 2 aromatic heterocycles. The number of carbonyl (C=O) groups excluding carboxylic acids is 1. The highest BCUT2D eigenvalue weighted by atomic mass is 35.5. The summed E-state index contributed by atoms with van der Waals surface area (Å²) in [5, 5.41) is 7.45. The van der Waals surface area contributed by atoms with Gasteiger partial charge in [0.05, 0.1) is 22.0 Å². The summed E-state index contributed by atoms with van der Waals surface area (Å²) in [5.41, 5.74) is 1.47. The molecule has 0 saturated heterocycles. The fraction of sp³-hybridized carbons (Fsp3) is 0.105. The van der Waals surface area contributed by atoms with Crippen molar-refractivity contribution in [1.82, 2.24) is 20.1 Å². The highest BCUT2D eigenvalue weighted by molar-refractivity contribution is 7.20. The minimum Gasteiger partial charge on any atom is -0.406 e. The van der Waals surface area contributed by atoms with Crippen molar-refractivity contribution in [3.63, 3.8) is 0 Å². The summed E-state index contributed by atoms with van der Waals surface area (Å²) in [5.74, 6) is -0.900. The van der Waals surface area contributed by atoms with Gasteiger partial charge in [0.2, 0.25) is 5.13 Å². The normalized spacial score (nSPS) is 11.6. The Morgan fingerprint density at radius 3 is 2.80 bits per heavy atom. The molecule has 2 heterocycles. The highest BCUT2D eigenvalue weighted by Crippen LogP contribution is 2.27. The number of benzene rings is 2. The van der Waals surface area contributed by atoms with Gasteiger partial charge in [0.1, 0.15) is 5.75 Å². The van der Waals surface area contributed by atoms with E-state index in [-0.39, 0.29) is 17.1 Å². The highest BCUT2D eigenvalue weighted by Gasteiger charge is 2.31. The van der Waals surface area contributed by atoms with E-state index in [2.05, 4.69) is 20.1 Å². The molecule has 0 aliphatic heterocycles. The number of hydrogen-bond donors (Lipinski definition) is 1. The van der Waals surface area contributed by atoms with Gasteiger partial charge in [0.15, 0.2) is 0 Å². The minimum atomic E-state index is -4.83. The van der Waals surface area contributed by atoms with E-state index in [4.69, 9.17) is 11.6 Å². The molecule has 6 nitrogen and oxygen atoms in total. The molecule has 2 aromatic carbocycles. The number of rotatable bonds is 5. The number of nitrogens with one attached hydrogen (secondary N) is 1. The Balaban J connectivity index is 1.45. The predicted octanol–water partition coefficient (Wildman–Crippen LogP) is 4.96. The van der Waals surface area contributed by atoms with E-state index in [1.165, 1.54) is 34.5 Å². The molecular weight excluding hydrogens is 441 g/mol. The number of halogens is 4. The molecule has 0 saturated carbocycles. The topological polar surface area (TPSA) is 69.0 Å². The Hall–Kier alpha value is -3.11. The van der Waals surface area contributed by atoms with Crippen LogP contribution < -0.4 is 10.1 Å². The van der Waals surface area contributed by atoms with Gasteiger partial charge in [0.25, 0.3) is 5.91 Å². The van der Waals surface area contributed by atoms with Crippen LogP contribution in [-0.2, 0) is 6.54 Å². The first-order valence-electron chi connectivity index (χ1n) is 8.51.